The Balaban J connectivity index is 1.57. The summed E-state index contributed by atoms with van der Waals surface area (Å²) in [6, 6.07) is 7.27. The van der Waals surface area contributed by atoms with Crippen LogP contribution in [0.3, 0.4) is 0 Å². The Kier molecular flexibility index (Phi) is 6.16. The van der Waals surface area contributed by atoms with Crippen LogP contribution in [0.2, 0.25) is 0 Å². The molecule has 4 aliphatic rings. The van der Waals surface area contributed by atoms with Crippen LogP contribution in [-0.2, 0) is 27.3 Å². The number of likely N-dealkylation sites (N-methyl/N-ethyl adjacent to an activating group) is 1. The number of furan rings is 1. The number of carbonyl (C=O) groups is 3. The number of benzene rings is 1. The number of nitrogens with one attached hydrogen (secondary N) is 1. The molecular weight excluding hydrogens is 556 g/mol. The summed E-state index contributed by atoms with van der Waals surface area (Å²) in [6.45, 7) is 0.520. The van der Waals surface area contributed by atoms with E-state index in [0.29, 0.717) is 35.2 Å². The van der Waals surface area contributed by atoms with Gasteiger partial charge in [-0.15, -0.1) is 0 Å². The zero-order valence-corrected chi connectivity index (χ0v) is 23.6. The summed E-state index contributed by atoms with van der Waals surface area (Å²) in [5.74, 6) is -4.65. The fourth-order valence-electron chi connectivity index (χ4n) is 7.21. The molecule has 1 aromatic carbocycles. The number of nitrogens with two attached hydrogens (primary N) is 3. The molecule has 2 fully saturated rings. The number of aliphatic hydroxyl groups excluding tert-OH is 2. The van der Waals surface area contributed by atoms with Crippen LogP contribution in [0.15, 0.2) is 45.6 Å². The van der Waals surface area contributed by atoms with Crippen molar-refractivity contribution in [1.82, 2.24) is 10.2 Å². The summed E-state index contributed by atoms with van der Waals surface area (Å²) in [7, 11) is 2.94. The van der Waals surface area contributed by atoms with Gasteiger partial charge in [0, 0.05) is 11.6 Å². The highest BCUT2D eigenvalue weighted by molar-refractivity contribution is 6.25. The van der Waals surface area contributed by atoms with Crippen molar-refractivity contribution in [3.05, 3.63) is 58.1 Å². The van der Waals surface area contributed by atoms with Crippen molar-refractivity contribution in [2.45, 2.75) is 55.4 Å². The minimum Gasteiger partial charge on any atom is -0.509 e. The van der Waals surface area contributed by atoms with Gasteiger partial charge in [0.05, 0.1) is 40.9 Å². The number of phenols is 1. The van der Waals surface area contributed by atoms with Gasteiger partial charge in [-0.05, 0) is 69.6 Å². The standard InChI is InChI=1S/C30H32N6O7/c1-36(2)24-23(39)20(27(32)42)25(40)29(12-31)26(41)21-22(38)19-16(9-28(21,33)11-30(24,29)34)15(6-7-17(19)37)18-8-5-14(43-18)10-35-13-3-4-13/h5-8,13,24,35,37-38,40H,3-4,9-11,33-34H2,1-2H3,(H2,32,42)/t24-,28-,29+,30-/m1/s1. The summed E-state index contributed by atoms with van der Waals surface area (Å²) in [5.41, 5.74) is 12.0. The molecular formula is C30H32N6O7. The molecule has 2 aromatic rings. The first-order valence-corrected chi connectivity index (χ1v) is 13.8. The predicted octanol–water partition coefficient (Wildman–Crippen LogP) is 0.417. The van der Waals surface area contributed by atoms with Gasteiger partial charge >= 0.3 is 0 Å². The molecule has 0 saturated heterocycles. The number of fused-ring (bicyclic) bond motifs is 3. The zero-order valence-electron chi connectivity index (χ0n) is 23.6. The molecule has 1 amide bonds. The van der Waals surface area contributed by atoms with Gasteiger partial charge in [-0.2, -0.15) is 5.26 Å². The van der Waals surface area contributed by atoms with E-state index in [9.17, 15) is 35.0 Å². The number of primary amides is 1. The predicted molar refractivity (Wildman–Crippen MR) is 152 cm³/mol. The maximum Gasteiger partial charge on any atom is 0.255 e. The van der Waals surface area contributed by atoms with E-state index in [1.807, 2.05) is 6.07 Å². The third kappa shape index (κ3) is 3.74. The Morgan fingerprint density at radius 3 is 2.47 bits per heavy atom. The van der Waals surface area contributed by atoms with Crippen LogP contribution in [0.5, 0.6) is 5.75 Å². The largest absolute Gasteiger partial charge is 0.509 e. The molecule has 224 valence electrons. The average Bonchev–Trinajstić information content (AvgIpc) is 3.62. The van der Waals surface area contributed by atoms with E-state index in [1.165, 1.54) is 25.1 Å². The lowest BCUT2D eigenvalue weighted by molar-refractivity contribution is -0.139. The van der Waals surface area contributed by atoms with Crippen molar-refractivity contribution >= 4 is 23.2 Å². The first-order valence-electron chi connectivity index (χ1n) is 13.8. The van der Waals surface area contributed by atoms with Crippen molar-refractivity contribution in [3.63, 3.8) is 0 Å². The molecule has 0 radical (unpaired) electrons. The van der Waals surface area contributed by atoms with Crippen LogP contribution in [0.4, 0.5) is 0 Å². The fourth-order valence-corrected chi connectivity index (χ4v) is 7.21. The number of hydrogen-bond donors (Lipinski definition) is 7. The second-order valence-corrected chi connectivity index (χ2v) is 12.2. The van der Waals surface area contributed by atoms with Crippen molar-refractivity contribution in [2.24, 2.45) is 22.6 Å². The van der Waals surface area contributed by atoms with Crippen molar-refractivity contribution in [1.29, 1.82) is 5.26 Å². The lowest BCUT2D eigenvalue weighted by Gasteiger charge is -2.58. The van der Waals surface area contributed by atoms with Gasteiger partial charge in [0.15, 0.2) is 17.0 Å². The van der Waals surface area contributed by atoms with Gasteiger partial charge in [-0.1, -0.05) is 0 Å². The van der Waals surface area contributed by atoms with E-state index < -0.39 is 69.1 Å². The summed E-state index contributed by atoms with van der Waals surface area (Å²) in [6.07, 6.45) is 1.61. The molecule has 1 aromatic heterocycles. The minimum absolute atomic E-state index is 0.0942. The van der Waals surface area contributed by atoms with Crippen LogP contribution in [0.25, 0.3) is 17.1 Å². The van der Waals surface area contributed by atoms with Crippen molar-refractivity contribution < 1.29 is 34.1 Å². The molecule has 0 spiro atoms. The van der Waals surface area contributed by atoms with E-state index >= 15 is 0 Å². The van der Waals surface area contributed by atoms with Crippen molar-refractivity contribution in [2.75, 3.05) is 14.1 Å². The van der Waals surface area contributed by atoms with Crippen LogP contribution >= 0.6 is 0 Å². The highest BCUT2D eigenvalue weighted by atomic mass is 16.3. The number of aromatic hydroxyl groups is 1. The third-order valence-electron chi connectivity index (χ3n) is 9.20. The molecule has 6 rings (SSSR count). The van der Waals surface area contributed by atoms with E-state index in [4.69, 9.17) is 21.6 Å². The molecule has 10 N–H and O–H groups in total. The number of rotatable bonds is 6. The van der Waals surface area contributed by atoms with Gasteiger partial charge in [0.2, 0.25) is 0 Å². The van der Waals surface area contributed by atoms with Crippen LogP contribution in [-0.4, -0.2) is 75.0 Å². The maximum absolute atomic E-state index is 14.4. The third-order valence-corrected chi connectivity index (χ3v) is 9.20. The van der Waals surface area contributed by atoms with E-state index in [2.05, 4.69) is 5.32 Å². The Hall–Kier alpha value is -4.48. The number of nitrogens with zero attached hydrogens (tertiary/aromatic N) is 2. The molecule has 43 heavy (non-hydrogen) atoms. The van der Waals surface area contributed by atoms with Gasteiger partial charge in [0.1, 0.15) is 34.4 Å². The number of ketones is 2. The Bertz CT molecular complexity index is 1730. The highest BCUT2D eigenvalue weighted by Gasteiger charge is 2.74. The van der Waals surface area contributed by atoms with Crippen LogP contribution < -0.4 is 22.5 Å². The highest BCUT2D eigenvalue weighted by Crippen LogP contribution is 2.58. The number of Topliss-reactive ketones (excluding diaryl/α,β-unsaturated/α-hetero) is 2. The number of hydrogen-bond acceptors (Lipinski definition) is 12. The lowest BCUT2D eigenvalue weighted by atomic mass is 9.47. The number of phenolic OH excluding ortho intramolecular Hbond substituents is 1. The lowest BCUT2D eigenvalue weighted by Crippen LogP contribution is -2.80. The molecule has 1 heterocycles. The SMILES string of the molecule is CN(C)[C@@H]1C(=O)C(C(N)=O)=C(O)[C@@]2(C#N)C(=O)C3=C(O)c4c(O)ccc(-c5ccc(CNC6CC6)o5)c4C[C@@]3(N)C[C@@]12N. The van der Waals surface area contributed by atoms with Gasteiger partial charge in [-0.3, -0.25) is 19.3 Å². The van der Waals surface area contributed by atoms with E-state index in [0.717, 1.165) is 12.8 Å². The maximum atomic E-state index is 14.4. The molecule has 0 unspecified atom stereocenters. The van der Waals surface area contributed by atoms with Crippen LogP contribution in [0.1, 0.15) is 36.1 Å². The first-order chi connectivity index (χ1) is 20.2. The summed E-state index contributed by atoms with van der Waals surface area (Å²) in [4.78, 5) is 41.7. The minimum atomic E-state index is -2.71. The Morgan fingerprint density at radius 1 is 1.16 bits per heavy atom. The Morgan fingerprint density at radius 2 is 1.86 bits per heavy atom. The molecule has 4 atom stereocenters. The van der Waals surface area contributed by atoms with E-state index in [-0.39, 0.29) is 17.7 Å². The molecule has 2 saturated carbocycles. The molecule has 13 heteroatoms. The van der Waals surface area contributed by atoms with E-state index in [1.54, 1.807) is 18.2 Å². The monoisotopic (exact) mass is 588 g/mol. The van der Waals surface area contributed by atoms with Crippen molar-refractivity contribution in [3.8, 4) is 23.1 Å². The number of amides is 1. The number of aliphatic hydroxyl groups is 2. The molecule has 0 bridgehead atoms. The average molecular weight is 589 g/mol. The molecule has 0 aliphatic heterocycles. The smallest absolute Gasteiger partial charge is 0.255 e. The van der Waals surface area contributed by atoms with Gasteiger partial charge in [-0.25, -0.2) is 0 Å². The topological polar surface area (TPSA) is 242 Å². The summed E-state index contributed by atoms with van der Waals surface area (Å²) in [5, 5.41) is 47.7. The zero-order chi connectivity index (χ0) is 31.2. The Labute approximate surface area is 246 Å². The number of nitriles is 1. The quantitative estimate of drug-likeness (QED) is 0.227. The number of carbonyl (C=O) groups excluding carboxylic acids is 3. The van der Waals surface area contributed by atoms with Crippen LogP contribution in [0, 0.1) is 16.7 Å². The normalized spacial score (nSPS) is 30.2. The fraction of sp³-hybridized carbons (Fsp3) is 0.400. The second kappa shape index (κ2) is 9.26. The van der Waals surface area contributed by atoms with Gasteiger partial charge in [0.25, 0.3) is 5.91 Å². The summed E-state index contributed by atoms with van der Waals surface area (Å²) < 4.78 is 6.08. The summed E-state index contributed by atoms with van der Waals surface area (Å²) >= 11 is 0. The first kappa shape index (κ1) is 28.6. The molecule has 4 aliphatic carbocycles. The second-order valence-electron chi connectivity index (χ2n) is 12.2. The molecule has 13 nitrogen and oxygen atoms in total. The van der Waals surface area contributed by atoms with Gasteiger partial charge < -0.3 is 42.3 Å².